The number of hydrogen-bond acceptors (Lipinski definition) is 4. The van der Waals surface area contributed by atoms with Crippen molar-refractivity contribution in [2.24, 2.45) is 0 Å². The normalized spacial score (nSPS) is 12.3. The number of aromatic nitrogens is 2. The van der Waals surface area contributed by atoms with Gasteiger partial charge in [-0.3, -0.25) is 0 Å². The van der Waals surface area contributed by atoms with Crippen molar-refractivity contribution >= 4 is 32.9 Å². The first-order valence-electron chi connectivity index (χ1n) is 7.89. The van der Waals surface area contributed by atoms with Crippen LogP contribution in [0.4, 0.5) is 5.95 Å². The average molecular weight is 390 g/mol. The van der Waals surface area contributed by atoms with Crippen molar-refractivity contribution in [3.8, 4) is 5.75 Å². The molecule has 1 aromatic heterocycles. The van der Waals surface area contributed by atoms with Crippen LogP contribution in [0.1, 0.15) is 6.92 Å². The maximum Gasteiger partial charge on any atom is 0.204 e. The van der Waals surface area contributed by atoms with Crippen LogP contribution in [0.3, 0.4) is 0 Å². The predicted octanol–water partition coefficient (Wildman–Crippen LogP) is 3.67. The number of benzene rings is 2. The Labute approximate surface area is 149 Å². The molecular weight excluding hydrogens is 370 g/mol. The first kappa shape index (κ1) is 16.8. The lowest BCUT2D eigenvalue weighted by atomic mass is 10.3. The summed E-state index contributed by atoms with van der Waals surface area (Å²) in [5.74, 6) is 1.57. The van der Waals surface area contributed by atoms with Crippen molar-refractivity contribution < 1.29 is 9.84 Å². The van der Waals surface area contributed by atoms with E-state index in [0.717, 1.165) is 27.2 Å². The number of nitrogens with zero attached hydrogens (tertiary/aromatic N) is 2. The fourth-order valence-electron chi connectivity index (χ4n) is 2.49. The van der Waals surface area contributed by atoms with Crippen LogP contribution in [-0.2, 0) is 6.54 Å². The van der Waals surface area contributed by atoms with E-state index in [0.29, 0.717) is 19.7 Å². The van der Waals surface area contributed by atoms with Gasteiger partial charge in [0.05, 0.1) is 23.7 Å². The highest BCUT2D eigenvalue weighted by Gasteiger charge is 2.10. The zero-order chi connectivity index (χ0) is 16.9. The largest absolute Gasteiger partial charge is 0.492 e. The number of anilines is 1. The highest BCUT2D eigenvalue weighted by molar-refractivity contribution is 9.10. The van der Waals surface area contributed by atoms with E-state index in [2.05, 4.69) is 30.8 Å². The summed E-state index contributed by atoms with van der Waals surface area (Å²) in [5.41, 5.74) is 1.97. The minimum Gasteiger partial charge on any atom is -0.492 e. The fourth-order valence-corrected chi connectivity index (χ4v) is 2.87. The third kappa shape index (κ3) is 4.07. The number of hydrogen-bond donors (Lipinski definition) is 2. The van der Waals surface area contributed by atoms with Gasteiger partial charge in [0.25, 0.3) is 0 Å². The number of aliphatic hydroxyl groups is 1. The molecule has 5 nitrogen and oxygen atoms in total. The summed E-state index contributed by atoms with van der Waals surface area (Å²) >= 11 is 3.44. The van der Waals surface area contributed by atoms with Crippen molar-refractivity contribution in [1.82, 2.24) is 9.55 Å². The average Bonchev–Trinajstić information content (AvgIpc) is 2.91. The van der Waals surface area contributed by atoms with Crippen molar-refractivity contribution in [3.63, 3.8) is 0 Å². The lowest BCUT2D eigenvalue weighted by Gasteiger charge is -2.13. The SMILES string of the molecule is CC(O)CNc1nc2ccccc2n1CCOc1cccc(Br)c1. The number of rotatable bonds is 7. The molecule has 0 saturated carbocycles. The van der Waals surface area contributed by atoms with Crippen LogP contribution >= 0.6 is 15.9 Å². The van der Waals surface area contributed by atoms with Crippen LogP contribution in [0.5, 0.6) is 5.75 Å². The van der Waals surface area contributed by atoms with Gasteiger partial charge in [-0.05, 0) is 37.3 Å². The van der Waals surface area contributed by atoms with Gasteiger partial charge < -0.3 is 19.7 Å². The number of fused-ring (bicyclic) bond motifs is 1. The first-order valence-corrected chi connectivity index (χ1v) is 8.68. The molecule has 24 heavy (non-hydrogen) atoms. The van der Waals surface area contributed by atoms with E-state index in [1.165, 1.54) is 0 Å². The Morgan fingerprint density at radius 2 is 2.08 bits per heavy atom. The Kier molecular flexibility index (Phi) is 5.37. The molecule has 2 aromatic carbocycles. The second-order valence-electron chi connectivity index (χ2n) is 5.61. The lowest BCUT2D eigenvalue weighted by molar-refractivity contribution is 0.208. The minimum absolute atomic E-state index is 0.434. The maximum absolute atomic E-state index is 9.50. The Bertz CT molecular complexity index is 817. The van der Waals surface area contributed by atoms with E-state index in [1.54, 1.807) is 6.92 Å². The number of aliphatic hydroxyl groups excluding tert-OH is 1. The van der Waals surface area contributed by atoms with Crippen LogP contribution in [0.25, 0.3) is 11.0 Å². The van der Waals surface area contributed by atoms with Gasteiger partial charge in [0, 0.05) is 11.0 Å². The Morgan fingerprint density at radius 3 is 2.88 bits per heavy atom. The van der Waals surface area contributed by atoms with E-state index < -0.39 is 6.10 Å². The van der Waals surface area contributed by atoms with Crippen LogP contribution in [0.15, 0.2) is 53.0 Å². The van der Waals surface area contributed by atoms with E-state index in [1.807, 2.05) is 48.5 Å². The highest BCUT2D eigenvalue weighted by atomic mass is 79.9. The summed E-state index contributed by atoms with van der Waals surface area (Å²) in [4.78, 5) is 4.60. The van der Waals surface area contributed by atoms with Gasteiger partial charge >= 0.3 is 0 Å². The zero-order valence-corrected chi connectivity index (χ0v) is 15.0. The first-order chi connectivity index (χ1) is 11.6. The van der Waals surface area contributed by atoms with Crippen molar-refractivity contribution in [3.05, 3.63) is 53.0 Å². The molecule has 1 atom stereocenters. The summed E-state index contributed by atoms with van der Waals surface area (Å²) < 4.78 is 8.91. The van der Waals surface area contributed by atoms with Crippen LogP contribution < -0.4 is 10.1 Å². The van der Waals surface area contributed by atoms with Gasteiger partial charge in [-0.2, -0.15) is 0 Å². The zero-order valence-electron chi connectivity index (χ0n) is 13.4. The Morgan fingerprint density at radius 1 is 1.25 bits per heavy atom. The molecule has 0 radical (unpaired) electrons. The molecule has 0 bridgehead atoms. The van der Waals surface area contributed by atoms with Gasteiger partial charge in [-0.1, -0.05) is 34.1 Å². The van der Waals surface area contributed by atoms with Gasteiger partial charge in [-0.25, -0.2) is 4.98 Å². The number of halogens is 1. The van der Waals surface area contributed by atoms with E-state index in [-0.39, 0.29) is 0 Å². The summed E-state index contributed by atoms with van der Waals surface area (Å²) in [6, 6.07) is 15.8. The molecule has 0 spiro atoms. The smallest absolute Gasteiger partial charge is 0.204 e. The molecule has 0 fully saturated rings. The topological polar surface area (TPSA) is 59.3 Å². The van der Waals surface area contributed by atoms with Crippen LogP contribution in [0, 0.1) is 0 Å². The summed E-state index contributed by atoms with van der Waals surface area (Å²) in [6.45, 7) is 3.39. The summed E-state index contributed by atoms with van der Waals surface area (Å²) in [7, 11) is 0. The molecule has 2 N–H and O–H groups in total. The molecule has 3 aromatic rings. The molecule has 6 heteroatoms. The number of imidazole rings is 1. The summed E-state index contributed by atoms with van der Waals surface area (Å²) in [5, 5.41) is 12.7. The number of ether oxygens (including phenoxy) is 1. The molecule has 0 aliphatic heterocycles. The van der Waals surface area contributed by atoms with Crippen LogP contribution in [-0.4, -0.2) is 33.9 Å². The second kappa shape index (κ2) is 7.68. The van der Waals surface area contributed by atoms with Gasteiger partial charge in [0.15, 0.2) is 0 Å². The standard InChI is InChI=1S/C18H20BrN3O2/c1-13(23)12-20-18-21-16-7-2-3-8-17(16)22(18)9-10-24-15-6-4-5-14(19)11-15/h2-8,11,13,23H,9-10,12H2,1H3,(H,20,21). The molecule has 0 aliphatic carbocycles. The Hall–Kier alpha value is -2.05. The van der Waals surface area contributed by atoms with Crippen molar-refractivity contribution in [1.29, 1.82) is 0 Å². The molecular formula is C18H20BrN3O2. The predicted molar refractivity (Wildman–Crippen MR) is 99.5 cm³/mol. The van der Waals surface area contributed by atoms with Crippen LogP contribution in [0.2, 0.25) is 0 Å². The highest BCUT2D eigenvalue weighted by Crippen LogP contribution is 2.21. The fraction of sp³-hybridized carbons (Fsp3) is 0.278. The molecule has 126 valence electrons. The second-order valence-corrected chi connectivity index (χ2v) is 6.53. The minimum atomic E-state index is -0.434. The third-order valence-electron chi connectivity index (χ3n) is 3.59. The molecule has 3 rings (SSSR count). The quantitative estimate of drug-likeness (QED) is 0.647. The third-order valence-corrected chi connectivity index (χ3v) is 4.08. The molecule has 1 unspecified atom stereocenters. The Balaban J connectivity index is 1.75. The van der Waals surface area contributed by atoms with Gasteiger partial charge in [0.1, 0.15) is 12.4 Å². The molecule has 0 amide bonds. The molecule has 0 saturated heterocycles. The maximum atomic E-state index is 9.50. The van der Waals surface area contributed by atoms with Crippen molar-refractivity contribution in [2.75, 3.05) is 18.5 Å². The molecule has 1 heterocycles. The van der Waals surface area contributed by atoms with Gasteiger partial charge in [0.2, 0.25) is 5.95 Å². The van der Waals surface area contributed by atoms with E-state index >= 15 is 0 Å². The lowest BCUT2D eigenvalue weighted by Crippen LogP contribution is -2.19. The van der Waals surface area contributed by atoms with E-state index in [4.69, 9.17) is 4.74 Å². The van der Waals surface area contributed by atoms with Gasteiger partial charge in [-0.15, -0.1) is 0 Å². The monoisotopic (exact) mass is 389 g/mol. The number of para-hydroxylation sites is 2. The molecule has 0 aliphatic rings. The van der Waals surface area contributed by atoms with E-state index in [9.17, 15) is 5.11 Å². The summed E-state index contributed by atoms with van der Waals surface area (Å²) in [6.07, 6.45) is -0.434. The number of nitrogens with one attached hydrogen (secondary N) is 1. The van der Waals surface area contributed by atoms with Crippen molar-refractivity contribution in [2.45, 2.75) is 19.6 Å².